The van der Waals surface area contributed by atoms with E-state index in [-0.39, 0.29) is 11.9 Å². The third-order valence-electron chi connectivity index (χ3n) is 4.15. The number of nitrogens with one attached hydrogen (secondary N) is 1. The third-order valence-corrected chi connectivity index (χ3v) is 4.15. The molecule has 0 saturated carbocycles. The van der Waals surface area contributed by atoms with Crippen LogP contribution in [0.25, 0.3) is 0 Å². The molecule has 23 heavy (non-hydrogen) atoms. The summed E-state index contributed by atoms with van der Waals surface area (Å²) in [6, 6.07) is 11.8. The van der Waals surface area contributed by atoms with Crippen molar-refractivity contribution in [2.45, 2.75) is 25.5 Å². The summed E-state index contributed by atoms with van der Waals surface area (Å²) in [6.45, 7) is 3.89. The molecule has 0 radical (unpaired) electrons. The van der Waals surface area contributed by atoms with Gasteiger partial charge in [-0.25, -0.2) is 0 Å². The van der Waals surface area contributed by atoms with Gasteiger partial charge >= 0.3 is 0 Å². The Morgan fingerprint density at radius 3 is 2.91 bits per heavy atom. The predicted molar refractivity (Wildman–Crippen MR) is 88.0 cm³/mol. The molecular formula is C17H22N4O2. The van der Waals surface area contributed by atoms with Crippen molar-refractivity contribution < 1.29 is 9.90 Å². The molecule has 0 aliphatic carbocycles. The summed E-state index contributed by atoms with van der Waals surface area (Å²) in [7, 11) is 0. The number of β-amino-alcohol motifs (C(OH)–C–C–N with tert-alkyl or cyclic N) is 1. The second kappa shape index (κ2) is 6.93. The summed E-state index contributed by atoms with van der Waals surface area (Å²) in [4.78, 5) is 13.3. The van der Waals surface area contributed by atoms with E-state index in [1.807, 2.05) is 47.3 Å². The van der Waals surface area contributed by atoms with E-state index in [9.17, 15) is 9.90 Å². The molecule has 1 amide bonds. The first-order valence-electron chi connectivity index (χ1n) is 7.90. The van der Waals surface area contributed by atoms with E-state index in [1.54, 1.807) is 0 Å². The van der Waals surface area contributed by atoms with Crippen molar-refractivity contribution in [1.82, 2.24) is 14.7 Å². The maximum atomic E-state index is 11.1. The number of aromatic nitrogens is 2. The maximum Gasteiger partial charge on any atom is 0.222 e. The average Bonchev–Trinajstić information content (AvgIpc) is 3.17. The van der Waals surface area contributed by atoms with Crippen LogP contribution in [0.5, 0.6) is 0 Å². The number of amides is 1. The van der Waals surface area contributed by atoms with Crippen LogP contribution < -0.4 is 5.32 Å². The van der Waals surface area contributed by atoms with Crippen molar-refractivity contribution in [1.29, 1.82) is 0 Å². The van der Waals surface area contributed by atoms with E-state index >= 15 is 0 Å². The lowest BCUT2D eigenvalue weighted by atomic mass is 10.1. The van der Waals surface area contributed by atoms with Crippen molar-refractivity contribution in [3.63, 3.8) is 0 Å². The van der Waals surface area contributed by atoms with Gasteiger partial charge in [0.25, 0.3) is 0 Å². The molecule has 122 valence electrons. The summed E-state index contributed by atoms with van der Waals surface area (Å²) in [5.74, 6) is 0.467. The minimum atomic E-state index is -0.470. The Kier molecular flexibility index (Phi) is 4.73. The topological polar surface area (TPSA) is 70.4 Å². The molecule has 0 spiro atoms. The van der Waals surface area contributed by atoms with Crippen LogP contribution in [0.4, 0.5) is 5.82 Å². The largest absolute Gasteiger partial charge is 0.387 e. The number of hydrogen-bond donors (Lipinski definition) is 2. The highest BCUT2D eigenvalue weighted by Gasteiger charge is 2.26. The Morgan fingerprint density at radius 2 is 2.17 bits per heavy atom. The molecule has 0 bridgehead atoms. The van der Waals surface area contributed by atoms with Gasteiger partial charge in [0.1, 0.15) is 0 Å². The molecule has 2 N–H and O–H groups in total. The third kappa shape index (κ3) is 3.97. The molecule has 2 atom stereocenters. The molecule has 2 aromatic rings. The zero-order valence-electron chi connectivity index (χ0n) is 13.2. The number of anilines is 1. The standard InChI is InChI=1S/C17H22N4O2/c1-13(22)18-17-8-10-21(19-17)15-7-9-20(11-15)12-16(23)14-5-3-2-4-6-14/h2-6,8,10,15-16,23H,7,9,11-12H2,1H3,(H,18,19,22)/t15-,16+/m0/s1. The second-order valence-electron chi connectivity index (χ2n) is 5.99. The van der Waals surface area contributed by atoms with E-state index in [0.717, 1.165) is 25.1 Å². The number of hydrogen-bond acceptors (Lipinski definition) is 4. The number of benzene rings is 1. The highest BCUT2D eigenvalue weighted by Crippen LogP contribution is 2.24. The van der Waals surface area contributed by atoms with Crippen molar-refractivity contribution in [3.05, 3.63) is 48.2 Å². The van der Waals surface area contributed by atoms with Crippen LogP contribution in [0.2, 0.25) is 0 Å². The summed E-state index contributed by atoms with van der Waals surface area (Å²) < 4.78 is 1.90. The highest BCUT2D eigenvalue weighted by atomic mass is 16.3. The fourth-order valence-corrected chi connectivity index (χ4v) is 3.01. The molecule has 1 aromatic carbocycles. The van der Waals surface area contributed by atoms with Crippen LogP contribution in [0.1, 0.15) is 31.1 Å². The first kappa shape index (κ1) is 15.7. The van der Waals surface area contributed by atoms with Gasteiger partial charge in [-0.15, -0.1) is 0 Å². The molecule has 6 heteroatoms. The van der Waals surface area contributed by atoms with Gasteiger partial charge in [0, 0.05) is 38.8 Å². The number of rotatable bonds is 5. The summed E-state index contributed by atoms with van der Waals surface area (Å²) in [5.41, 5.74) is 0.947. The van der Waals surface area contributed by atoms with Crippen molar-refractivity contribution in [3.8, 4) is 0 Å². The number of carbonyl (C=O) groups excluding carboxylic acids is 1. The molecule has 6 nitrogen and oxygen atoms in total. The Bertz CT molecular complexity index is 656. The molecule has 1 fully saturated rings. The van der Waals surface area contributed by atoms with Crippen LogP contribution in [0, 0.1) is 0 Å². The predicted octanol–water partition coefficient (Wildman–Crippen LogP) is 1.82. The molecule has 1 aliphatic heterocycles. The number of nitrogens with zero attached hydrogens (tertiary/aromatic N) is 3. The lowest BCUT2D eigenvalue weighted by Crippen LogP contribution is -2.27. The Hall–Kier alpha value is -2.18. The summed E-state index contributed by atoms with van der Waals surface area (Å²) in [6.07, 6.45) is 2.41. The molecular weight excluding hydrogens is 292 g/mol. The van der Waals surface area contributed by atoms with Crippen molar-refractivity contribution in [2.75, 3.05) is 25.0 Å². The van der Waals surface area contributed by atoms with Crippen molar-refractivity contribution >= 4 is 11.7 Å². The van der Waals surface area contributed by atoms with Gasteiger partial charge in [0.2, 0.25) is 5.91 Å². The van der Waals surface area contributed by atoms with Crippen LogP contribution in [-0.2, 0) is 4.79 Å². The quantitative estimate of drug-likeness (QED) is 0.883. The first-order chi connectivity index (χ1) is 11.1. The van der Waals surface area contributed by atoms with Crippen LogP contribution in [0.3, 0.4) is 0 Å². The number of likely N-dealkylation sites (tertiary alicyclic amines) is 1. The van der Waals surface area contributed by atoms with E-state index < -0.39 is 6.10 Å². The fourth-order valence-electron chi connectivity index (χ4n) is 3.01. The van der Waals surface area contributed by atoms with Gasteiger partial charge in [0.05, 0.1) is 12.1 Å². The van der Waals surface area contributed by atoms with Crippen LogP contribution in [-0.4, -0.2) is 45.3 Å². The highest BCUT2D eigenvalue weighted by molar-refractivity contribution is 5.87. The van der Waals surface area contributed by atoms with Crippen LogP contribution in [0.15, 0.2) is 42.6 Å². The van der Waals surface area contributed by atoms with E-state index in [0.29, 0.717) is 12.4 Å². The Labute approximate surface area is 135 Å². The van der Waals surface area contributed by atoms with Gasteiger partial charge in [-0.1, -0.05) is 30.3 Å². The number of aliphatic hydroxyl groups excluding tert-OH is 1. The Balaban J connectivity index is 1.56. The normalized spacial score (nSPS) is 19.7. The minimum Gasteiger partial charge on any atom is -0.387 e. The smallest absolute Gasteiger partial charge is 0.222 e. The molecule has 0 unspecified atom stereocenters. The van der Waals surface area contributed by atoms with Gasteiger partial charge in [-0.05, 0) is 12.0 Å². The van der Waals surface area contributed by atoms with Gasteiger partial charge < -0.3 is 10.4 Å². The number of carbonyl (C=O) groups is 1. The lowest BCUT2D eigenvalue weighted by Gasteiger charge is -2.20. The summed E-state index contributed by atoms with van der Waals surface area (Å²) >= 11 is 0. The zero-order chi connectivity index (χ0) is 16.2. The van der Waals surface area contributed by atoms with E-state index in [4.69, 9.17) is 0 Å². The minimum absolute atomic E-state index is 0.116. The average molecular weight is 314 g/mol. The lowest BCUT2D eigenvalue weighted by molar-refractivity contribution is -0.114. The maximum absolute atomic E-state index is 11.1. The Morgan fingerprint density at radius 1 is 1.39 bits per heavy atom. The molecule has 2 heterocycles. The summed E-state index contributed by atoms with van der Waals surface area (Å²) in [5, 5.41) is 17.4. The van der Waals surface area contributed by atoms with E-state index in [2.05, 4.69) is 15.3 Å². The van der Waals surface area contributed by atoms with Gasteiger partial charge in [-0.3, -0.25) is 14.4 Å². The molecule has 1 aliphatic rings. The zero-order valence-corrected chi connectivity index (χ0v) is 13.2. The fraction of sp³-hybridized carbons (Fsp3) is 0.412. The molecule has 1 saturated heterocycles. The molecule has 1 aromatic heterocycles. The first-order valence-corrected chi connectivity index (χ1v) is 7.90. The van der Waals surface area contributed by atoms with Gasteiger partial charge in [0.15, 0.2) is 5.82 Å². The second-order valence-corrected chi connectivity index (χ2v) is 5.99. The van der Waals surface area contributed by atoms with Crippen molar-refractivity contribution in [2.24, 2.45) is 0 Å². The number of aliphatic hydroxyl groups is 1. The van der Waals surface area contributed by atoms with E-state index in [1.165, 1.54) is 6.92 Å². The SMILES string of the molecule is CC(=O)Nc1ccn([C@H]2CCN(C[C@@H](O)c3ccccc3)C2)n1. The molecule has 3 rings (SSSR count). The van der Waals surface area contributed by atoms with Crippen LogP contribution >= 0.6 is 0 Å². The monoisotopic (exact) mass is 314 g/mol. The van der Waals surface area contributed by atoms with Gasteiger partial charge in [-0.2, -0.15) is 5.10 Å².